The number of amides is 2. The number of sulfonamides is 1. The maximum atomic E-state index is 12.9. The number of hydrogen-bond donors (Lipinski definition) is 1. The molecular formula is C20H23N3O4S. The number of likely N-dealkylation sites (tertiary alicyclic amines) is 1. The van der Waals surface area contributed by atoms with E-state index in [0.29, 0.717) is 30.9 Å². The Labute approximate surface area is 165 Å². The zero-order chi connectivity index (χ0) is 20.1. The maximum Gasteiger partial charge on any atom is 0.264 e. The first-order valence-electron chi connectivity index (χ1n) is 9.09. The van der Waals surface area contributed by atoms with E-state index in [-0.39, 0.29) is 23.1 Å². The van der Waals surface area contributed by atoms with Crippen LogP contribution in [0.25, 0.3) is 0 Å². The second-order valence-electron chi connectivity index (χ2n) is 6.62. The molecular weight excluding hydrogens is 378 g/mol. The van der Waals surface area contributed by atoms with Crippen molar-refractivity contribution in [2.45, 2.75) is 24.2 Å². The van der Waals surface area contributed by atoms with Crippen LogP contribution in [0.1, 0.15) is 19.3 Å². The fourth-order valence-electron chi connectivity index (χ4n) is 3.07. The molecule has 0 spiro atoms. The molecule has 1 heterocycles. The fraction of sp³-hybridized carbons (Fsp3) is 0.300. The summed E-state index contributed by atoms with van der Waals surface area (Å²) < 4.78 is 27.0. The third kappa shape index (κ3) is 4.51. The first-order valence-corrected chi connectivity index (χ1v) is 10.5. The number of nitrogens with one attached hydrogen (secondary N) is 1. The molecule has 7 nitrogen and oxygen atoms in total. The SMILES string of the molecule is CN(c1ccccc1)S(=O)(=O)c1cccc(NC(=O)CCN2CCCC2=O)c1. The summed E-state index contributed by atoms with van der Waals surface area (Å²) in [5, 5.41) is 2.71. The van der Waals surface area contributed by atoms with Crippen molar-refractivity contribution in [2.24, 2.45) is 0 Å². The Morgan fingerprint density at radius 2 is 1.89 bits per heavy atom. The van der Waals surface area contributed by atoms with Gasteiger partial charge < -0.3 is 10.2 Å². The van der Waals surface area contributed by atoms with Gasteiger partial charge in [0.2, 0.25) is 11.8 Å². The average Bonchev–Trinajstić information content (AvgIpc) is 3.11. The van der Waals surface area contributed by atoms with Gasteiger partial charge in [0, 0.05) is 38.7 Å². The number of para-hydroxylation sites is 1. The highest BCUT2D eigenvalue weighted by atomic mass is 32.2. The highest BCUT2D eigenvalue weighted by Crippen LogP contribution is 2.23. The van der Waals surface area contributed by atoms with E-state index in [0.717, 1.165) is 6.42 Å². The summed E-state index contributed by atoms with van der Waals surface area (Å²) in [6.07, 6.45) is 1.54. The summed E-state index contributed by atoms with van der Waals surface area (Å²) in [6, 6.07) is 14.9. The Kier molecular flexibility index (Phi) is 5.99. The Balaban J connectivity index is 1.67. The van der Waals surface area contributed by atoms with Gasteiger partial charge in [-0.05, 0) is 36.8 Å². The van der Waals surface area contributed by atoms with Crippen LogP contribution in [0.3, 0.4) is 0 Å². The lowest BCUT2D eigenvalue weighted by molar-refractivity contribution is -0.128. The molecule has 0 radical (unpaired) electrons. The number of anilines is 2. The second-order valence-corrected chi connectivity index (χ2v) is 8.59. The van der Waals surface area contributed by atoms with Crippen LogP contribution in [-0.2, 0) is 19.6 Å². The van der Waals surface area contributed by atoms with Gasteiger partial charge in [-0.15, -0.1) is 0 Å². The minimum atomic E-state index is -3.75. The van der Waals surface area contributed by atoms with Gasteiger partial charge in [0.05, 0.1) is 10.6 Å². The van der Waals surface area contributed by atoms with Crippen LogP contribution in [0.2, 0.25) is 0 Å². The smallest absolute Gasteiger partial charge is 0.264 e. The third-order valence-electron chi connectivity index (χ3n) is 4.68. The molecule has 148 valence electrons. The Hall–Kier alpha value is -2.87. The molecule has 0 saturated carbocycles. The van der Waals surface area contributed by atoms with Gasteiger partial charge in [0.1, 0.15) is 0 Å². The zero-order valence-corrected chi connectivity index (χ0v) is 16.5. The standard InChI is InChI=1S/C20H23N3O4S/c1-22(17-8-3-2-4-9-17)28(26,27)18-10-5-7-16(15-18)21-19(24)12-14-23-13-6-11-20(23)25/h2-5,7-10,15H,6,11-14H2,1H3,(H,21,24). The number of carbonyl (C=O) groups is 2. The van der Waals surface area contributed by atoms with Crippen molar-refractivity contribution in [3.05, 3.63) is 54.6 Å². The van der Waals surface area contributed by atoms with E-state index in [2.05, 4.69) is 5.32 Å². The molecule has 1 saturated heterocycles. The van der Waals surface area contributed by atoms with Gasteiger partial charge in [-0.1, -0.05) is 24.3 Å². The van der Waals surface area contributed by atoms with Gasteiger partial charge in [0.25, 0.3) is 10.0 Å². The van der Waals surface area contributed by atoms with Crippen LogP contribution >= 0.6 is 0 Å². The molecule has 1 aliphatic heterocycles. The number of carbonyl (C=O) groups excluding carboxylic acids is 2. The fourth-order valence-corrected chi connectivity index (χ4v) is 4.31. The molecule has 1 fully saturated rings. The summed E-state index contributed by atoms with van der Waals surface area (Å²) in [7, 11) is -2.26. The van der Waals surface area contributed by atoms with Crippen molar-refractivity contribution in [1.82, 2.24) is 4.90 Å². The van der Waals surface area contributed by atoms with E-state index in [9.17, 15) is 18.0 Å². The number of hydrogen-bond acceptors (Lipinski definition) is 4. The lowest BCUT2D eigenvalue weighted by Gasteiger charge is -2.20. The minimum absolute atomic E-state index is 0.0739. The van der Waals surface area contributed by atoms with Crippen LogP contribution in [0.15, 0.2) is 59.5 Å². The Morgan fingerprint density at radius 3 is 2.57 bits per heavy atom. The first kappa shape index (κ1) is 19.9. The van der Waals surface area contributed by atoms with E-state index in [1.165, 1.54) is 23.5 Å². The summed E-state index contributed by atoms with van der Waals surface area (Å²) in [5.74, 6) is -0.185. The molecule has 3 rings (SSSR count). The third-order valence-corrected chi connectivity index (χ3v) is 6.46. The molecule has 1 N–H and O–H groups in total. The Morgan fingerprint density at radius 1 is 1.14 bits per heavy atom. The van der Waals surface area contributed by atoms with Crippen molar-refractivity contribution in [3.63, 3.8) is 0 Å². The molecule has 0 bridgehead atoms. The van der Waals surface area contributed by atoms with Crippen LogP contribution in [0.4, 0.5) is 11.4 Å². The van der Waals surface area contributed by atoms with Crippen molar-refractivity contribution < 1.29 is 18.0 Å². The lowest BCUT2D eigenvalue weighted by Crippen LogP contribution is -2.29. The lowest BCUT2D eigenvalue weighted by atomic mass is 10.3. The predicted molar refractivity (Wildman–Crippen MR) is 108 cm³/mol. The van der Waals surface area contributed by atoms with Crippen molar-refractivity contribution in [3.8, 4) is 0 Å². The molecule has 2 aromatic rings. The predicted octanol–water partition coefficient (Wildman–Crippen LogP) is 2.46. The van der Waals surface area contributed by atoms with Gasteiger partial charge in [-0.2, -0.15) is 0 Å². The normalized spacial score (nSPS) is 14.2. The van der Waals surface area contributed by atoms with Crippen LogP contribution in [-0.4, -0.2) is 45.3 Å². The Bertz CT molecular complexity index is 960. The van der Waals surface area contributed by atoms with E-state index in [4.69, 9.17) is 0 Å². The van der Waals surface area contributed by atoms with E-state index in [1.54, 1.807) is 41.3 Å². The van der Waals surface area contributed by atoms with E-state index >= 15 is 0 Å². The number of rotatable bonds is 7. The van der Waals surface area contributed by atoms with Crippen LogP contribution in [0.5, 0.6) is 0 Å². The zero-order valence-electron chi connectivity index (χ0n) is 15.7. The molecule has 0 aromatic heterocycles. The number of benzene rings is 2. The van der Waals surface area contributed by atoms with Gasteiger partial charge >= 0.3 is 0 Å². The highest BCUT2D eigenvalue weighted by molar-refractivity contribution is 7.92. The molecule has 8 heteroatoms. The molecule has 2 aromatic carbocycles. The summed E-state index contributed by atoms with van der Waals surface area (Å²) >= 11 is 0. The second kappa shape index (κ2) is 8.43. The van der Waals surface area contributed by atoms with Crippen molar-refractivity contribution >= 4 is 33.2 Å². The molecule has 1 aliphatic rings. The average molecular weight is 401 g/mol. The summed E-state index contributed by atoms with van der Waals surface area (Å²) in [5.41, 5.74) is 0.951. The summed E-state index contributed by atoms with van der Waals surface area (Å²) in [4.78, 5) is 25.6. The van der Waals surface area contributed by atoms with Gasteiger partial charge in [-0.3, -0.25) is 13.9 Å². The molecule has 0 aliphatic carbocycles. The molecule has 0 unspecified atom stereocenters. The highest BCUT2D eigenvalue weighted by Gasteiger charge is 2.22. The largest absolute Gasteiger partial charge is 0.342 e. The maximum absolute atomic E-state index is 12.9. The van der Waals surface area contributed by atoms with Gasteiger partial charge in [0.15, 0.2) is 0 Å². The van der Waals surface area contributed by atoms with Crippen LogP contribution < -0.4 is 9.62 Å². The monoisotopic (exact) mass is 401 g/mol. The van der Waals surface area contributed by atoms with Gasteiger partial charge in [-0.25, -0.2) is 8.42 Å². The molecule has 0 atom stereocenters. The number of nitrogens with zero attached hydrogens (tertiary/aromatic N) is 2. The quantitative estimate of drug-likeness (QED) is 0.772. The van der Waals surface area contributed by atoms with Crippen molar-refractivity contribution in [1.29, 1.82) is 0 Å². The summed E-state index contributed by atoms with van der Waals surface area (Å²) in [6.45, 7) is 1.06. The van der Waals surface area contributed by atoms with E-state index in [1.807, 2.05) is 6.07 Å². The van der Waals surface area contributed by atoms with Crippen LogP contribution in [0, 0.1) is 0 Å². The van der Waals surface area contributed by atoms with Crippen molar-refractivity contribution in [2.75, 3.05) is 29.8 Å². The van der Waals surface area contributed by atoms with E-state index < -0.39 is 10.0 Å². The first-order chi connectivity index (χ1) is 13.4. The minimum Gasteiger partial charge on any atom is -0.342 e. The molecule has 2 amide bonds. The molecule has 28 heavy (non-hydrogen) atoms. The topological polar surface area (TPSA) is 86.8 Å².